The number of piperazine rings is 1. The number of carbonyl (C=O) groups excluding carboxylic acids is 2. The molecule has 0 atom stereocenters. The van der Waals surface area contributed by atoms with Gasteiger partial charge in [0, 0.05) is 39.3 Å². The monoisotopic (exact) mass is 522 g/mol. The first-order valence-corrected chi connectivity index (χ1v) is 13.1. The van der Waals surface area contributed by atoms with Gasteiger partial charge >= 0.3 is 5.97 Å². The van der Waals surface area contributed by atoms with E-state index in [0.717, 1.165) is 28.9 Å². The second-order valence-corrected chi connectivity index (χ2v) is 10.9. The molecule has 194 valence electrons. The summed E-state index contributed by atoms with van der Waals surface area (Å²) in [6, 6.07) is 13.2. The number of ether oxygens (including phenoxy) is 1. The van der Waals surface area contributed by atoms with Gasteiger partial charge in [-0.15, -0.1) is 0 Å². The second kappa shape index (κ2) is 10.1. The molecular formula is C27H30N4O5S. The Morgan fingerprint density at radius 2 is 1.76 bits per heavy atom. The first-order valence-electron chi connectivity index (χ1n) is 12.3. The van der Waals surface area contributed by atoms with Crippen molar-refractivity contribution in [3.63, 3.8) is 0 Å². The number of hydrogen-bond acceptors (Lipinski definition) is 7. The predicted octanol–water partition coefficient (Wildman–Crippen LogP) is 2.67. The van der Waals surface area contributed by atoms with E-state index in [1.807, 2.05) is 42.3 Å². The maximum absolute atomic E-state index is 13.7. The highest BCUT2D eigenvalue weighted by atomic mass is 32.1. The van der Waals surface area contributed by atoms with Crippen molar-refractivity contribution in [2.24, 2.45) is 5.41 Å². The normalized spacial score (nSPS) is 17.0. The van der Waals surface area contributed by atoms with E-state index in [4.69, 9.17) is 4.74 Å². The number of carbonyl (C=O) groups is 3. The van der Waals surface area contributed by atoms with E-state index in [-0.39, 0.29) is 24.8 Å². The van der Waals surface area contributed by atoms with Gasteiger partial charge in [-0.05, 0) is 43.1 Å². The lowest BCUT2D eigenvalue weighted by Crippen LogP contribution is -2.48. The van der Waals surface area contributed by atoms with Crippen molar-refractivity contribution in [3.05, 3.63) is 53.6 Å². The van der Waals surface area contributed by atoms with Gasteiger partial charge in [-0.25, -0.2) is 4.98 Å². The molecule has 0 bridgehead atoms. The van der Waals surface area contributed by atoms with E-state index in [1.165, 1.54) is 16.2 Å². The summed E-state index contributed by atoms with van der Waals surface area (Å²) in [7, 11) is 3.69. The fourth-order valence-electron chi connectivity index (χ4n) is 5.20. The summed E-state index contributed by atoms with van der Waals surface area (Å²) in [4.78, 5) is 48.1. The molecule has 0 saturated carbocycles. The average molecular weight is 523 g/mol. The van der Waals surface area contributed by atoms with Crippen molar-refractivity contribution in [3.8, 4) is 5.75 Å². The highest BCUT2D eigenvalue weighted by Crippen LogP contribution is 2.42. The van der Waals surface area contributed by atoms with E-state index < -0.39 is 11.4 Å². The van der Waals surface area contributed by atoms with Gasteiger partial charge in [0.2, 0.25) is 5.91 Å². The number of thiazole rings is 1. The van der Waals surface area contributed by atoms with Crippen molar-refractivity contribution in [1.29, 1.82) is 0 Å². The largest absolute Gasteiger partial charge is 0.484 e. The molecule has 1 saturated heterocycles. The highest BCUT2D eigenvalue weighted by molar-refractivity contribution is 7.22. The number of carboxylic acid groups (broad SMARTS) is 1. The molecule has 0 radical (unpaired) electrons. The lowest BCUT2D eigenvalue weighted by atomic mass is 9.80. The van der Waals surface area contributed by atoms with E-state index >= 15 is 0 Å². The van der Waals surface area contributed by atoms with E-state index in [9.17, 15) is 19.5 Å². The number of hydrogen-bond donors (Lipinski definition) is 1. The molecule has 10 heteroatoms. The van der Waals surface area contributed by atoms with Gasteiger partial charge in [0.1, 0.15) is 5.75 Å². The minimum absolute atomic E-state index is 0.0388. The summed E-state index contributed by atoms with van der Waals surface area (Å²) in [6.45, 7) is 3.06. The van der Waals surface area contributed by atoms with Crippen LogP contribution in [0.3, 0.4) is 0 Å². The number of fused-ring (bicyclic) bond motifs is 2. The van der Waals surface area contributed by atoms with Crippen LogP contribution in [0, 0.1) is 5.41 Å². The number of aromatic nitrogens is 1. The summed E-state index contributed by atoms with van der Waals surface area (Å²) >= 11 is 1.36. The van der Waals surface area contributed by atoms with Crippen molar-refractivity contribution >= 4 is 44.5 Å². The molecule has 5 rings (SSSR count). The van der Waals surface area contributed by atoms with Crippen molar-refractivity contribution in [1.82, 2.24) is 14.8 Å². The van der Waals surface area contributed by atoms with Gasteiger partial charge in [0.25, 0.3) is 5.91 Å². The molecule has 2 amide bonds. The Hall–Kier alpha value is -3.50. The molecule has 0 unspecified atom stereocenters. The third-order valence-electron chi connectivity index (χ3n) is 7.28. The Labute approximate surface area is 219 Å². The Morgan fingerprint density at radius 1 is 1.08 bits per heavy atom. The Kier molecular flexibility index (Phi) is 6.87. The Balaban J connectivity index is 1.30. The summed E-state index contributed by atoms with van der Waals surface area (Å²) in [5, 5.41) is 10.1. The van der Waals surface area contributed by atoms with Gasteiger partial charge in [-0.2, -0.15) is 0 Å². The van der Waals surface area contributed by atoms with Gasteiger partial charge in [0.05, 0.1) is 22.1 Å². The second-order valence-electron chi connectivity index (χ2n) is 9.94. The van der Waals surface area contributed by atoms with Crippen molar-refractivity contribution < 1.29 is 24.2 Å². The van der Waals surface area contributed by atoms with Crippen LogP contribution in [0.5, 0.6) is 5.75 Å². The number of aliphatic carboxylic acids is 1. The van der Waals surface area contributed by atoms with E-state index in [1.54, 1.807) is 19.2 Å². The first kappa shape index (κ1) is 25.2. The highest BCUT2D eigenvalue weighted by Gasteiger charge is 2.47. The van der Waals surface area contributed by atoms with Gasteiger partial charge < -0.3 is 19.6 Å². The molecule has 1 aliphatic carbocycles. The molecule has 2 aromatic carbocycles. The van der Waals surface area contributed by atoms with Crippen molar-refractivity contribution in [2.45, 2.75) is 19.3 Å². The van der Waals surface area contributed by atoms with Crippen LogP contribution in [0.25, 0.3) is 10.2 Å². The van der Waals surface area contributed by atoms with Crippen LogP contribution < -0.4 is 9.64 Å². The smallest absolute Gasteiger partial charge is 0.304 e. The summed E-state index contributed by atoms with van der Waals surface area (Å²) in [5.41, 5.74) is 1.65. The van der Waals surface area contributed by atoms with Gasteiger partial charge in [0.15, 0.2) is 11.7 Å². The molecule has 2 aliphatic rings. The van der Waals surface area contributed by atoms with Crippen LogP contribution >= 0.6 is 11.3 Å². The topological polar surface area (TPSA) is 103 Å². The summed E-state index contributed by atoms with van der Waals surface area (Å²) in [5.74, 6) is -0.751. The fraction of sp³-hybridized carbons (Fsp3) is 0.407. The summed E-state index contributed by atoms with van der Waals surface area (Å²) in [6.07, 6.45) is 0.542. The van der Waals surface area contributed by atoms with Crippen LogP contribution in [-0.4, -0.2) is 84.6 Å². The standard InChI is InChI=1S/C27H30N4O5S/c1-29-9-11-31(12-10-29)23(32)17-36-20-7-8-22-21(13-20)28-26(37-22)30(2)25(35)27(16-24(33)34)14-18-5-3-4-6-19(18)15-27/h3-8,13H,9-12,14-17H2,1-2H3,(H,33,34). The number of rotatable bonds is 7. The molecule has 1 aromatic heterocycles. The maximum atomic E-state index is 13.7. The zero-order chi connectivity index (χ0) is 26.2. The third-order valence-corrected chi connectivity index (χ3v) is 8.39. The van der Waals surface area contributed by atoms with E-state index in [2.05, 4.69) is 9.88 Å². The Morgan fingerprint density at radius 3 is 2.41 bits per heavy atom. The number of carboxylic acids is 1. The maximum Gasteiger partial charge on any atom is 0.304 e. The molecule has 9 nitrogen and oxygen atoms in total. The fourth-order valence-corrected chi connectivity index (χ4v) is 6.10. The molecule has 37 heavy (non-hydrogen) atoms. The van der Waals surface area contributed by atoms with Crippen molar-refractivity contribution in [2.75, 3.05) is 51.8 Å². The quantitative estimate of drug-likeness (QED) is 0.509. The number of nitrogens with zero attached hydrogens (tertiary/aromatic N) is 4. The molecule has 0 spiro atoms. The van der Waals surface area contributed by atoms with Crippen LogP contribution in [0.15, 0.2) is 42.5 Å². The van der Waals surface area contributed by atoms with Gasteiger partial charge in [-0.1, -0.05) is 35.6 Å². The molecule has 3 aromatic rings. The predicted molar refractivity (Wildman–Crippen MR) is 141 cm³/mol. The molecular weight excluding hydrogens is 492 g/mol. The lowest BCUT2D eigenvalue weighted by molar-refractivity contribution is -0.144. The SMILES string of the molecule is CN1CCN(C(=O)COc2ccc3sc(N(C)C(=O)C4(CC(=O)O)Cc5ccccc5C4)nc3c2)CC1. The molecule has 1 aliphatic heterocycles. The number of anilines is 1. The first-order chi connectivity index (χ1) is 17.7. The molecule has 1 N–H and O–H groups in total. The van der Waals surface area contributed by atoms with Crippen LogP contribution in [-0.2, 0) is 27.2 Å². The number of likely N-dealkylation sites (N-methyl/N-ethyl adjacent to an activating group) is 1. The average Bonchev–Trinajstić information content (AvgIpc) is 3.47. The van der Waals surface area contributed by atoms with Gasteiger partial charge in [-0.3, -0.25) is 19.3 Å². The van der Waals surface area contributed by atoms with Crippen LogP contribution in [0.2, 0.25) is 0 Å². The lowest BCUT2D eigenvalue weighted by Gasteiger charge is -2.32. The Bertz CT molecular complexity index is 1320. The summed E-state index contributed by atoms with van der Waals surface area (Å²) < 4.78 is 6.63. The van der Waals surface area contributed by atoms with Crippen LogP contribution in [0.4, 0.5) is 5.13 Å². The minimum Gasteiger partial charge on any atom is -0.484 e. The minimum atomic E-state index is -1.04. The van der Waals surface area contributed by atoms with Crippen LogP contribution in [0.1, 0.15) is 17.5 Å². The third kappa shape index (κ3) is 5.17. The molecule has 1 fully saturated rings. The zero-order valence-electron chi connectivity index (χ0n) is 21.0. The zero-order valence-corrected chi connectivity index (χ0v) is 21.8. The molecule has 2 heterocycles. The number of amides is 2. The van der Waals surface area contributed by atoms with E-state index in [0.29, 0.717) is 42.3 Å². The number of benzene rings is 2.